The summed E-state index contributed by atoms with van der Waals surface area (Å²) >= 11 is 1.21. The molecule has 2 aromatic carbocycles. The number of halogens is 2. The third kappa shape index (κ3) is 5.36. The van der Waals surface area contributed by atoms with Gasteiger partial charge in [0.05, 0.1) is 26.0 Å². The van der Waals surface area contributed by atoms with Crippen LogP contribution in [-0.2, 0) is 6.42 Å². The predicted molar refractivity (Wildman–Crippen MR) is 114 cm³/mol. The van der Waals surface area contributed by atoms with Gasteiger partial charge in [0.15, 0.2) is 11.5 Å². The normalized spacial score (nSPS) is 11.8. The third-order valence-electron chi connectivity index (χ3n) is 4.60. The number of ether oxygens (including phenoxy) is 2. The summed E-state index contributed by atoms with van der Waals surface area (Å²) in [7, 11) is 3.09. The Morgan fingerprint density at radius 2 is 1.90 bits per heavy atom. The number of methoxy groups -OCH3 is 2. The van der Waals surface area contributed by atoms with Crippen molar-refractivity contribution in [3.05, 3.63) is 64.2 Å². The van der Waals surface area contributed by atoms with Crippen LogP contribution in [-0.4, -0.2) is 42.9 Å². The summed E-state index contributed by atoms with van der Waals surface area (Å²) in [6.45, 7) is 1.64. The Kier molecular flexibility index (Phi) is 7.19. The van der Waals surface area contributed by atoms with Gasteiger partial charge in [0.2, 0.25) is 0 Å². The van der Waals surface area contributed by atoms with Gasteiger partial charge in [-0.3, -0.25) is 4.79 Å². The molecule has 0 saturated heterocycles. The fraction of sp³-hybridized carbons (Fsp3) is 0.273. The second-order valence-corrected chi connectivity index (χ2v) is 7.81. The number of aliphatic hydroxyl groups is 1. The molecule has 164 valence electrons. The molecule has 0 bridgehead atoms. The Labute approximate surface area is 182 Å². The Morgan fingerprint density at radius 1 is 1.16 bits per heavy atom. The van der Waals surface area contributed by atoms with Crippen molar-refractivity contribution >= 4 is 17.2 Å². The molecule has 2 N–H and O–H groups in total. The highest BCUT2D eigenvalue weighted by Crippen LogP contribution is 2.35. The number of aromatic nitrogens is 1. The van der Waals surface area contributed by atoms with Gasteiger partial charge in [-0.05, 0) is 36.8 Å². The fourth-order valence-electron chi connectivity index (χ4n) is 3.00. The number of carbonyl (C=O) groups is 1. The number of rotatable bonds is 8. The van der Waals surface area contributed by atoms with E-state index in [1.807, 2.05) is 6.07 Å². The van der Waals surface area contributed by atoms with Crippen molar-refractivity contribution in [2.45, 2.75) is 19.4 Å². The molecular formula is C22H22F2N2O4S. The van der Waals surface area contributed by atoms with Gasteiger partial charge >= 0.3 is 0 Å². The molecule has 31 heavy (non-hydrogen) atoms. The number of carbonyl (C=O) groups excluding carboxylic acids is 1. The number of nitrogens with zero attached hydrogens (tertiary/aromatic N) is 1. The maximum absolute atomic E-state index is 13.7. The summed E-state index contributed by atoms with van der Waals surface area (Å²) in [5.41, 5.74) is 1.50. The van der Waals surface area contributed by atoms with Crippen molar-refractivity contribution < 1.29 is 28.2 Å². The van der Waals surface area contributed by atoms with E-state index in [9.17, 15) is 18.7 Å². The number of hydrogen-bond donors (Lipinski definition) is 2. The fourth-order valence-corrected chi connectivity index (χ4v) is 3.98. The van der Waals surface area contributed by atoms with Gasteiger partial charge in [-0.2, -0.15) is 0 Å². The SMILES string of the molecule is COc1ccc(-c2nc(C)c(C(=O)NC[C@H](O)Cc3ccc(F)cc3F)s2)cc1OC. The first-order chi connectivity index (χ1) is 14.8. The van der Waals surface area contributed by atoms with Crippen LogP contribution in [0.25, 0.3) is 10.6 Å². The van der Waals surface area contributed by atoms with E-state index in [0.29, 0.717) is 27.1 Å². The number of thiazole rings is 1. The zero-order valence-corrected chi connectivity index (χ0v) is 18.1. The number of aliphatic hydroxyl groups excluding tert-OH is 1. The Morgan fingerprint density at radius 3 is 2.58 bits per heavy atom. The topological polar surface area (TPSA) is 80.7 Å². The van der Waals surface area contributed by atoms with Crippen LogP contribution in [0.4, 0.5) is 8.78 Å². The van der Waals surface area contributed by atoms with E-state index in [4.69, 9.17) is 9.47 Å². The lowest BCUT2D eigenvalue weighted by Gasteiger charge is -2.12. The van der Waals surface area contributed by atoms with E-state index < -0.39 is 17.7 Å². The molecule has 0 unspecified atom stereocenters. The minimum atomic E-state index is -1.03. The number of hydrogen-bond acceptors (Lipinski definition) is 6. The van der Waals surface area contributed by atoms with Crippen molar-refractivity contribution in [3.8, 4) is 22.1 Å². The van der Waals surface area contributed by atoms with E-state index in [1.54, 1.807) is 26.2 Å². The van der Waals surface area contributed by atoms with Crippen LogP contribution in [0.2, 0.25) is 0 Å². The first-order valence-corrected chi connectivity index (χ1v) is 10.2. The van der Waals surface area contributed by atoms with Gasteiger partial charge in [0, 0.05) is 24.6 Å². The minimum Gasteiger partial charge on any atom is -0.493 e. The summed E-state index contributed by atoms with van der Waals surface area (Å²) in [5.74, 6) is -0.669. The average Bonchev–Trinajstić information content (AvgIpc) is 3.15. The van der Waals surface area contributed by atoms with E-state index >= 15 is 0 Å². The maximum atomic E-state index is 13.7. The van der Waals surface area contributed by atoms with Crippen LogP contribution in [0.5, 0.6) is 11.5 Å². The number of nitrogens with one attached hydrogen (secondary N) is 1. The maximum Gasteiger partial charge on any atom is 0.263 e. The molecule has 1 aromatic heterocycles. The van der Waals surface area contributed by atoms with Crippen molar-refractivity contribution in [1.29, 1.82) is 0 Å². The molecule has 1 amide bonds. The highest BCUT2D eigenvalue weighted by molar-refractivity contribution is 7.17. The highest BCUT2D eigenvalue weighted by Gasteiger charge is 2.19. The predicted octanol–water partition coefficient (Wildman–Crippen LogP) is 3.75. The molecule has 0 saturated carbocycles. The van der Waals surface area contributed by atoms with Gasteiger partial charge in [-0.25, -0.2) is 13.8 Å². The van der Waals surface area contributed by atoms with Gasteiger partial charge in [0.25, 0.3) is 5.91 Å². The van der Waals surface area contributed by atoms with Crippen molar-refractivity contribution in [2.75, 3.05) is 20.8 Å². The lowest BCUT2D eigenvalue weighted by molar-refractivity contribution is 0.0918. The number of aryl methyl sites for hydroxylation is 1. The molecule has 9 heteroatoms. The average molecular weight is 448 g/mol. The Hall–Kier alpha value is -3.04. The summed E-state index contributed by atoms with van der Waals surface area (Å²) in [5, 5.41) is 13.4. The van der Waals surface area contributed by atoms with E-state index in [1.165, 1.54) is 24.5 Å². The summed E-state index contributed by atoms with van der Waals surface area (Å²) < 4.78 is 37.3. The Bertz CT molecular complexity index is 1090. The summed E-state index contributed by atoms with van der Waals surface area (Å²) in [6, 6.07) is 8.52. The second-order valence-electron chi connectivity index (χ2n) is 6.81. The van der Waals surface area contributed by atoms with Crippen LogP contribution < -0.4 is 14.8 Å². The van der Waals surface area contributed by atoms with Crippen molar-refractivity contribution in [3.63, 3.8) is 0 Å². The van der Waals surface area contributed by atoms with Gasteiger partial charge in [0.1, 0.15) is 21.5 Å². The first-order valence-electron chi connectivity index (χ1n) is 9.42. The smallest absolute Gasteiger partial charge is 0.263 e. The first kappa shape index (κ1) is 22.6. The lowest BCUT2D eigenvalue weighted by atomic mass is 10.1. The Balaban J connectivity index is 1.67. The summed E-state index contributed by atoms with van der Waals surface area (Å²) in [6.07, 6.45) is -1.08. The molecule has 1 heterocycles. The minimum absolute atomic E-state index is 0.0506. The van der Waals surface area contributed by atoms with Crippen LogP contribution in [0.15, 0.2) is 36.4 Å². The van der Waals surface area contributed by atoms with Crippen LogP contribution in [0, 0.1) is 18.6 Å². The van der Waals surface area contributed by atoms with Gasteiger partial charge in [-0.1, -0.05) is 6.07 Å². The van der Waals surface area contributed by atoms with Crippen LogP contribution in [0.3, 0.4) is 0 Å². The molecule has 0 aliphatic rings. The van der Waals surface area contributed by atoms with E-state index in [-0.39, 0.29) is 24.4 Å². The summed E-state index contributed by atoms with van der Waals surface area (Å²) in [4.78, 5) is 17.5. The zero-order chi connectivity index (χ0) is 22.5. The zero-order valence-electron chi connectivity index (χ0n) is 17.2. The van der Waals surface area contributed by atoms with E-state index in [0.717, 1.165) is 17.7 Å². The third-order valence-corrected chi connectivity index (χ3v) is 5.81. The molecule has 0 spiro atoms. The largest absolute Gasteiger partial charge is 0.493 e. The molecule has 0 fully saturated rings. The molecule has 0 aliphatic heterocycles. The van der Waals surface area contributed by atoms with Crippen molar-refractivity contribution in [1.82, 2.24) is 10.3 Å². The van der Waals surface area contributed by atoms with E-state index in [2.05, 4.69) is 10.3 Å². The molecule has 3 rings (SSSR count). The number of benzene rings is 2. The van der Waals surface area contributed by atoms with Crippen molar-refractivity contribution in [2.24, 2.45) is 0 Å². The molecular weight excluding hydrogens is 426 g/mol. The standard InChI is InChI=1S/C22H22F2N2O4S/c1-12-20(31-22(26-12)14-5-7-18(29-2)19(9-14)30-3)21(28)25-11-16(27)8-13-4-6-15(23)10-17(13)24/h4-7,9-10,16,27H,8,11H2,1-3H3,(H,25,28)/t16-/m1/s1. The van der Waals surface area contributed by atoms with Gasteiger partial charge in [-0.15, -0.1) is 11.3 Å². The molecule has 0 radical (unpaired) electrons. The molecule has 6 nitrogen and oxygen atoms in total. The highest BCUT2D eigenvalue weighted by atomic mass is 32.1. The quantitative estimate of drug-likeness (QED) is 0.549. The van der Waals surface area contributed by atoms with Crippen LogP contribution >= 0.6 is 11.3 Å². The van der Waals surface area contributed by atoms with Gasteiger partial charge < -0.3 is 19.9 Å². The van der Waals surface area contributed by atoms with Crippen LogP contribution in [0.1, 0.15) is 20.9 Å². The lowest BCUT2D eigenvalue weighted by Crippen LogP contribution is -2.33. The number of amides is 1. The monoisotopic (exact) mass is 448 g/mol. The molecule has 1 atom stereocenters. The molecule has 0 aliphatic carbocycles. The molecule has 3 aromatic rings. The second kappa shape index (κ2) is 9.84.